The average Bonchev–Trinajstić information content (AvgIpc) is 2.99. The van der Waals surface area contributed by atoms with E-state index in [4.69, 9.17) is 4.74 Å². The molecule has 0 saturated heterocycles. The molecule has 0 radical (unpaired) electrons. The summed E-state index contributed by atoms with van der Waals surface area (Å²) in [7, 11) is 0. The zero-order valence-electron chi connectivity index (χ0n) is 7.21. The third-order valence-corrected chi connectivity index (χ3v) is 2.32. The van der Waals surface area contributed by atoms with Gasteiger partial charge in [-0.2, -0.15) is 0 Å². The van der Waals surface area contributed by atoms with Crippen molar-refractivity contribution in [1.29, 1.82) is 0 Å². The van der Waals surface area contributed by atoms with E-state index in [-0.39, 0.29) is 11.8 Å². The minimum Gasteiger partial charge on any atom is -0.442 e. The number of ether oxygens (including phenoxy) is 1. The molecule has 68 valence electrons. The second-order valence-corrected chi connectivity index (χ2v) is 3.58. The van der Waals surface area contributed by atoms with E-state index in [0.29, 0.717) is 11.5 Å². The highest BCUT2D eigenvalue weighted by Gasteiger charge is 2.34. The minimum absolute atomic E-state index is 0.208. The fourth-order valence-corrected chi connectivity index (χ4v) is 1.18. The van der Waals surface area contributed by atoms with E-state index in [9.17, 15) is 9.59 Å². The zero-order valence-corrected chi connectivity index (χ0v) is 7.21. The van der Waals surface area contributed by atoms with E-state index in [1.807, 2.05) is 0 Å². The Labute approximate surface area is 76.1 Å². The number of allylic oxidation sites excluding steroid dienone is 2. The minimum atomic E-state index is 0.208. The molecule has 2 aliphatic carbocycles. The van der Waals surface area contributed by atoms with E-state index >= 15 is 0 Å². The van der Waals surface area contributed by atoms with Gasteiger partial charge in [-0.05, 0) is 25.7 Å². The Hall–Kier alpha value is -1.30. The summed E-state index contributed by atoms with van der Waals surface area (Å²) in [6.07, 6.45) is 3.89. The van der Waals surface area contributed by atoms with Crippen LogP contribution in [-0.2, 0) is 14.3 Å². The van der Waals surface area contributed by atoms with Crippen LogP contribution in [0.15, 0.2) is 11.5 Å². The van der Waals surface area contributed by atoms with E-state index in [1.165, 1.54) is 0 Å². The van der Waals surface area contributed by atoms with Crippen molar-refractivity contribution in [3.63, 3.8) is 0 Å². The van der Waals surface area contributed by atoms with Crippen molar-refractivity contribution in [2.75, 3.05) is 0 Å². The molecule has 0 aliphatic heterocycles. The molecule has 2 rings (SSSR count). The summed E-state index contributed by atoms with van der Waals surface area (Å²) in [5.74, 6) is 4.52. The first kappa shape index (κ1) is 8.31. The second kappa shape index (κ2) is 3.21. The molecule has 0 unspecified atom stereocenters. The summed E-state index contributed by atoms with van der Waals surface area (Å²) in [5, 5.41) is 0. The normalized spacial score (nSPS) is 20.0. The van der Waals surface area contributed by atoms with Crippen molar-refractivity contribution in [2.24, 2.45) is 11.8 Å². The molecule has 0 heterocycles. The van der Waals surface area contributed by atoms with Crippen LogP contribution in [0, 0.1) is 11.8 Å². The highest BCUT2D eigenvalue weighted by Crippen LogP contribution is 2.41. The van der Waals surface area contributed by atoms with Gasteiger partial charge >= 0.3 is 0 Å². The smallest absolute Gasteiger partial charge is 0.191 e. The first-order valence-corrected chi connectivity index (χ1v) is 4.53. The van der Waals surface area contributed by atoms with Gasteiger partial charge in [0.15, 0.2) is 23.4 Å². The van der Waals surface area contributed by atoms with Crippen LogP contribution in [0.2, 0.25) is 0 Å². The lowest BCUT2D eigenvalue weighted by Gasteiger charge is -2.04. The van der Waals surface area contributed by atoms with Crippen molar-refractivity contribution in [2.45, 2.75) is 25.7 Å². The van der Waals surface area contributed by atoms with Gasteiger partial charge in [0.2, 0.25) is 0 Å². The van der Waals surface area contributed by atoms with Crippen LogP contribution in [0.25, 0.3) is 0 Å². The van der Waals surface area contributed by atoms with Gasteiger partial charge < -0.3 is 4.74 Å². The molecule has 3 heteroatoms. The molecule has 0 amide bonds. The van der Waals surface area contributed by atoms with Crippen LogP contribution < -0.4 is 0 Å². The first-order valence-electron chi connectivity index (χ1n) is 4.53. The Morgan fingerprint density at radius 2 is 1.31 bits per heavy atom. The third kappa shape index (κ3) is 1.89. The van der Waals surface area contributed by atoms with E-state index in [2.05, 4.69) is 0 Å². The molecule has 0 aromatic rings. The van der Waals surface area contributed by atoms with Crippen LogP contribution in [0.1, 0.15) is 25.7 Å². The molecule has 2 aliphatic rings. The van der Waals surface area contributed by atoms with Crippen LogP contribution in [0.3, 0.4) is 0 Å². The Morgan fingerprint density at radius 1 is 0.923 bits per heavy atom. The molecular weight excluding hydrogens is 168 g/mol. The molecule has 2 fully saturated rings. The van der Waals surface area contributed by atoms with Gasteiger partial charge in [-0.25, -0.2) is 9.59 Å². The number of carbonyl (C=O) groups excluding carboxylic acids is 2. The average molecular weight is 178 g/mol. The predicted octanol–water partition coefficient (Wildman–Crippen LogP) is 1.25. The largest absolute Gasteiger partial charge is 0.442 e. The Bertz CT molecular complexity index is 279. The van der Waals surface area contributed by atoms with Gasteiger partial charge in [0.1, 0.15) is 0 Å². The zero-order chi connectivity index (χ0) is 9.26. The van der Waals surface area contributed by atoms with Gasteiger partial charge in [-0.15, -0.1) is 0 Å². The Kier molecular flexibility index (Phi) is 2.05. The first-order chi connectivity index (χ1) is 6.35. The highest BCUT2D eigenvalue weighted by atomic mass is 16.5. The maximum Gasteiger partial charge on any atom is 0.191 e. The standard InChI is InChI=1S/C10H10O3/c11-5-9(7-1-2-7)13-10(6-12)8-3-4-8/h7-8H,1-4H2. The van der Waals surface area contributed by atoms with E-state index in [0.717, 1.165) is 25.7 Å². The third-order valence-electron chi connectivity index (χ3n) is 2.32. The van der Waals surface area contributed by atoms with Crippen LogP contribution in [0.4, 0.5) is 0 Å². The SMILES string of the molecule is O=C=C(OC(=C=O)C1CC1)C1CC1. The maximum absolute atomic E-state index is 10.5. The van der Waals surface area contributed by atoms with Gasteiger partial charge in [-0.3, -0.25) is 0 Å². The lowest BCUT2D eigenvalue weighted by atomic mass is 10.3. The fourth-order valence-electron chi connectivity index (χ4n) is 1.18. The lowest BCUT2D eigenvalue weighted by molar-refractivity contribution is 0.271. The van der Waals surface area contributed by atoms with Gasteiger partial charge in [0.25, 0.3) is 0 Å². The number of hydrogen-bond donors (Lipinski definition) is 0. The number of hydrogen-bond acceptors (Lipinski definition) is 3. The molecule has 0 atom stereocenters. The topological polar surface area (TPSA) is 43.4 Å². The van der Waals surface area contributed by atoms with Crippen LogP contribution in [0.5, 0.6) is 0 Å². The lowest BCUT2D eigenvalue weighted by Crippen LogP contribution is -1.98. The molecule has 2 saturated carbocycles. The monoisotopic (exact) mass is 178 g/mol. The second-order valence-electron chi connectivity index (χ2n) is 3.58. The van der Waals surface area contributed by atoms with Gasteiger partial charge in [-0.1, -0.05) is 0 Å². The quantitative estimate of drug-likeness (QED) is 0.480. The van der Waals surface area contributed by atoms with Gasteiger partial charge in [0, 0.05) is 11.8 Å². The van der Waals surface area contributed by atoms with Gasteiger partial charge in [0.05, 0.1) is 0 Å². The highest BCUT2D eigenvalue weighted by molar-refractivity contribution is 5.56. The number of rotatable bonds is 4. The molecule has 13 heavy (non-hydrogen) atoms. The Balaban J connectivity index is 2.01. The van der Waals surface area contributed by atoms with Crippen LogP contribution >= 0.6 is 0 Å². The molecule has 0 aromatic heterocycles. The summed E-state index contributed by atoms with van der Waals surface area (Å²) in [5.41, 5.74) is 0. The molecule has 0 N–H and O–H groups in total. The van der Waals surface area contributed by atoms with Crippen molar-refractivity contribution < 1.29 is 14.3 Å². The van der Waals surface area contributed by atoms with Crippen molar-refractivity contribution in [3.05, 3.63) is 11.5 Å². The Morgan fingerprint density at radius 3 is 1.54 bits per heavy atom. The molecule has 0 aromatic carbocycles. The summed E-state index contributed by atoms with van der Waals surface area (Å²) in [6, 6.07) is 0. The molecular formula is C10H10O3. The van der Waals surface area contributed by atoms with Crippen LogP contribution in [-0.4, -0.2) is 11.9 Å². The summed E-state index contributed by atoms with van der Waals surface area (Å²) >= 11 is 0. The van der Waals surface area contributed by atoms with E-state index in [1.54, 1.807) is 11.9 Å². The summed E-state index contributed by atoms with van der Waals surface area (Å²) in [6.45, 7) is 0. The van der Waals surface area contributed by atoms with Crippen molar-refractivity contribution in [1.82, 2.24) is 0 Å². The summed E-state index contributed by atoms with van der Waals surface area (Å²) < 4.78 is 5.18. The molecule has 0 bridgehead atoms. The van der Waals surface area contributed by atoms with E-state index < -0.39 is 0 Å². The fraction of sp³-hybridized carbons (Fsp3) is 0.600. The molecule has 0 spiro atoms. The molecule has 3 nitrogen and oxygen atoms in total. The summed E-state index contributed by atoms with van der Waals surface area (Å²) in [4.78, 5) is 20.9. The predicted molar refractivity (Wildman–Crippen MR) is 44.9 cm³/mol. The van der Waals surface area contributed by atoms with Crippen molar-refractivity contribution in [3.8, 4) is 0 Å². The maximum atomic E-state index is 10.5. The van der Waals surface area contributed by atoms with Crippen molar-refractivity contribution >= 4 is 11.9 Å².